The number of methoxy groups -OCH3 is 1. The zero-order chi connectivity index (χ0) is 22.0. The van der Waals surface area contributed by atoms with E-state index in [2.05, 4.69) is 0 Å². The highest BCUT2D eigenvalue weighted by Gasteiger charge is 2.37. The molecule has 0 rings (SSSR count). The first-order valence-electron chi connectivity index (χ1n) is 10.4. The smallest absolute Gasteiger partial charge is 0.314 e. The van der Waals surface area contributed by atoms with Gasteiger partial charge in [0.1, 0.15) is 0 Å². The third-order valence-electron chi connectivity index (χ3n) is 6.62. The molecule has 0 aromatic carbocycles. The number of hydrogen-bond acceptors (Lipinski definition) is 6. The molecule has 0 bridgehead atoms. The van der Waals surface area contributed by atoms with E-state index in [1.165, 1.54) is 7.11 Å². The van der Waals surface area contributed by atoms with Gasteiger partial charge in [0, 0.05) is 0 Å². The summed E-state index contributed by atoms with van der Waals surface area (Å²) in [6.45, 7) is 13.0. The first-order valence-corrected chi connectivity index (χ1v) is 10.4. The molecule has 2 atom stereocenters. The monoisotopic (exact) mass is 400 g/mol. The highest BCUT2D eigenvalue weighted by atomic mass is 16.7. The molecular formula is C22H40O6. The number of carbonyl (C=O) groups is 3. The summed E-state index contributed by atoms with van der Waals surface area (Å²) in [4.78, 5) is 36.8. The lowest BCUT2D eigenvalue weighted by molar-refractivity contribution is -0.180. The van der Waals surface area contributed by atoms with Gasteiger partial charge in [-0.05, 0) is 59.3 Å². The predicted octanol–water partition coefficient (Wildman–Crippen LogP) is 5.03. The Hall–Kier alpha value is -1.59. The fraction of sp³-hybridized carbons (Fsp3) is 0.864. The molecule has 0 aromatic heterocycles. The second-order valence-electron chi connectivity index (χ2n) is 8.42. The quantitative estimate of drug-likeness (QED) is 0.319. The van der Waals surface area contributed by atoms with Gasteiger partial charge in [0.15, 0.2) is 0 Å². The van der Waals surface area contributed by atoms with Crippen LogP contribution in [-0.2, 0) is 28.6 Å². The zero-order valence-electron chi connectivity index (χ0n) is 19.1. The first kappa shape index (κ1) is 26.4. The Kier molecular flexibility index (Phi) is 10.8. The van der Waals surface area contributed by atoms with Gasteiger partial charge in [0.25, 0.3) is 0 Å². The number of carbonyl (C=O) groups excluding carboxylic acids is 3. The van der Waals surface area contributed by atoms with Crippen LogP contribution in [0, 0.1) is 16.2 Å². The summed E-state index contributed by atoms with van der Waals surface area (Å²) >= 11 is 0. The lowest BCUT2D eigenvalue weighted by Crippen LogP contribution is -2.34. The van der Waals surface area contributed by atoms with Crippen LogP contribution in [0.5, 0.6) is 0 Å². The van der Waals surface area contributed by atoms with Crippen LogP contribution < -0.4 is 0 Å². The molecule has 0 fully saturated rings. The zero-order valence-corrected chi connectivity index (χ0v) is 19.1. The standard InChI is InChI=1S/C22H40O6/c1-9-20(5,10-2)18(24)27-16-28-19(25)22(7,12-4)15-13-14-21(6,11-3)17(23)26-8/h9-16H2,1-8H3. The molecule has 0 aromatic rings. The average Bonchev–Trinajstić information content (AvgIpc) is 2.71. The lowest BCUT2D eigenvalue weighted by Gasteiger charge is -2.29. The summed E-state index contributed by atoms with van der Waals surface area (Å²) in [5.74, 6) is -0.952. The summed E-state index contributed by atoms with van der Waals surface area (Å²) in [5.41, 5.74) is -1.79. The van der Waals surface area contributed by atoms with Crippen LogP contribution in [0.15, 0.2) is 0 Å². The molecule has 0 aliphatic carbocycles. The molecule has 0 aliphatic rings. The SMILES string of the molecule is CCC(C)(CCCC(C)(CC)C(=O)OCOC(=O)C(C)(CC)CC)C(=O)OC. The summed E-state index contributed by atoms with van der Waals surface area (Å²) in [7, 11) is 1.40. The Balaban J connectivity index is 4.72. The Bertz CT molecular complexity index is 525. The number of rotatable bonds is 13. The Morgan fingerprint density at radius 1 is 0.643 bits per heavy atom. The van der Waals surface area contributed by atoms with E-state index >= 15 is 0 Å². The number of ether oxygens (including phenoxy) is 3. The molecule has 0 N–H and O–H groups in total. The van der Waals surface area contributed by atoms with Crippen molar-refractivity contribution in [1.82, 2.24) is 0 Å². The van der Waals surface area contributed by atoms with E-state index in [4.69, 9.17) is 14.2 Å². The molecule has 0 amide bonds. The summed E-state index contributed by atoms with van der Waals surface area (Å²) in [5, 5.41) is 0. The molecule has 6 nitrogen and oxygen atoms in total. The third kappa shape index (κ3) is 6.78. The molecule has 0 radical (unpaired) electrons. The van der Waals surface area contributed by atoms with E-state index in [9.17, 15) is 14.4 Å². The van der Waals surface area contributed by atoms with Gasteiger partial charge in [0.2, 0.25) is 6.79 Å². The predicted molar refractivity (Wildman–Crippen MR) is 108 cm³/mol. The minimum absolute atomic E-state index is 0.224. The van der Waals surface area contributed by atoms with Crippen LogP contribution in [0.2, 0.25) is 0 Å². The van der Waals surface area contributed by atoms with Crippen molar-refractivity contribution in [3.63, 3.8) is 0 Å². The van der Waals surface area contributed by atoms with Gasteiger partial charge >= 0.3 is 17.9 Å². The highest BCUT2D eigenvalue weighted by Crippen LogP contribution is 2.35. The minimum Gasteiger partial charge on any atom is -0.469 e. The fourth-order valence-electron chi connectivity index (χ4n) is 2.99. The summed E-state index contributed by atoms with van der Waals surface area (Å²) in [6, 6.07) is 0. The van der Waals surface area contributed by atoms with Gasteiger partial charge in [0.05, 0.1) is 23.4 Å². The van der Waals surface area contributed by atoms with Gasteiger partial charge in [-0.15, -0.1) is 0 Å². The van der Waals surface area contributed by atoms with E-state index in [0.717, 1.165) is 0 Å². The number of esters is 3. The first-order chi connectivity index (χ1) is 13.0. The van der Waals surface area contributed by atoms with Crippen molar-refractivity contribution in [1.29, 1.82) is 0 Å². The molecule has 28 heavy (non-hydrogen) atoms. The Morgan fingerprint density at radius 2 is 1.00 bits per heavy atom. The summed E-state index contributed by atoms with van der Waals surface area (Å²) in [6.07, 6.45) is 4.53. The maximum Gasteiger partial charge on any atom is 0.314 e. The topological polar surface area (TPSA) is 78.9 Å². The van der Waals surface area contributed by atoms with Gasteiger partial charge in [-0.1, -0.05) is 34.1 Å². The van der Waals surface area contributed by atoms with E-state index in [-0.39, 0.29) is 24.7 Å². The Morgan fingerprint density at radius 3 is 1.36 bits per heavy atom. The molecule has 164 valence electrons. The maximum absolute atomic E-state index is 12.6. The second kappa shape index (κ2) is 11.4. The second-order valence-corrected chi connectivity index (χ2v) is 8.42. The van der Waals surface area contributed by atoms with Gasteiger partial charge in [-0.2, -0.15) is 0 Å². The van der Waals surface area contributed by atoms with Crippen molar-refractivity contribution in [3.05, 3.63) is 0 Å². The largest absolute Gasteiger partial charge is 0.469 e. The van der Waals surface area contributed by atoms with Gasteiger partial charge in [-0.3, -0.25) is 14.4 Å². The maximum atomic E-state index is 12.6. The molecule has 0 heterocycles. The highest BCUT2D eigenvalue weighted by molar-refractivity contribution is 5.78. The van der Waals surface area contributed by atoms with Crippen molar-refractivity contribution < 1.29 is 28.6 Å². The van der Waals surface area contributed by atoms with Crippen molar-refractivity contribution >= 4 is 17.9 Å². The van der Waals surface area contributed by atoms with Crippen LogP contribution >= 0.6 is 0 Å². The molecule has 0 aliphatic heterocycles. The minimum atomic E-state index is -0.685. The van der Waals surface area contributed by atoms with Gasteiger partial charge < -0.3 is 14.2 Å². The normalized spacial score (nSPS) is 15.9. The van der Waals surface area contributed by atoms with E-state index < -0.39 is 16.2 Å². The molecule has 0 spiro atoms. The van der Waals surface area contributed by atoms with Crippen LogP contribution in [-0.4, -0.2) is 31.8 Å². The van der Waals surface area contributed by atoms with E-state index in [1.807, 2.05) is 48.5 Å². The van der Waals surface area contributed by atoms with Crippen LogP contribution in [0.25, 0.3) is 0 Å². The fourth-order valence-corrected chi connectivity index (χ4v) is 2.99. The van der Waals surface area contributed by atoms with Crippen LogP contribution in [0.3, 0.4) is 0 Å². The molecule has 0 saturated carbocycles. The molecule has 6 heteroatoms. The number of hydrogen-bond donors (Lipinski definition) is 0. The Labute approximate surface area is 170 Å². The van der Waals surface area contributed by atoms with Crippen LogP contribution in [0.1, 0.15) is 93.4 Å². The molecular weight excluding hydrogens is 360 g/mol. The summed E-state index contributed by atoms with van der Waals surface area (Å²) < 4.78 is 15.3. The van der Waals surface area contributed by atoms with Crippen molar-refractivity contribution in [2.75, 3.05) is 13.9 Å². The third-order valence-corrected chi connectivity index (χ3v) is 6.62. The van der Waals surface area contributed by atoms with Gasteiger partial charge in [-0.25, -0.2) is 0 Å². The van der Waals surface area contributed by atoms with Crippen molar-refractivity contribution in [2.24, 2.45) is 16.2 Å². The average molecular weight is 401 g/mol. The van der Waals surface area contributed by atoms with Crippen molar-refractivity contribution in [3.8, 4) is 0 Å². The molecule has 0 saturated heterocycles. The lowest BCUT2D eigenvalue weighted by atomic mass is 9.77. The van der Waals surface area contributed by atoms with E-state index in [0.29, 0.717) is 44.9 Å². The van der Waals surface area contributed by atoms with Crippen LogP contribution in [0.4, 0.5) is 0 Å². The van der Waals surface area contributed by atoms with Crippen molar-refractivity contribution in [2.45, 2.75) is 93.4 Å². The van der Waals surface area contributed by atoms with E-state index in [1.54, 1.807) is 0 Å². The molecule has 2 unspecified atom stereocenters.